The lowest BCUT2D eigenvalue weighted by Crippen LogP contribution is -2.44. The van der Waals surface area contributed by atoms with Crippen LogP contribution in [0.25, 0.3) is 10.2 Å². The van der Waals surface area contributed by atoms with Gasteiger partial charge in [0.1, 0.15) is 34.8 Å². The lowest BCUT2D eigenvalue weighted by atomic mass is 10.2. The van der Waals surface area contributed by atoms with E-state index in [1.807, 2.05) is 25.3 Å². The Balaban J connectivity index is 1.55. The fraction of sp³-hybridized carbons (Fsp3) is 0.412. The molecule has 0 saturated carbocycles. The van der Waals surface area contributed by atoms with Gasteiger partial charge >= 0.3 is 0 Å². The summed E-state index contributed by atoms with van der Waals surface area (Å²) in [5.41, 5.74) is 0. The molecule has 0 unspecified atom stereocenters. The average Bonchev–Trinajstić information content (AvgIpc) is 3.34. The summed E-state index contributed by atoms with van der Waals surface area (Å²) >= 11 is 1.58. The molecule has 0 bridgehead atoms. The summed E-state index contributed by atoms with van der Waals surface area (Å²) in [4.78, 5) is 28.8. The van der Waals surface area contributed by atoms with Crippen LogP contribution in [0.2, 0.25) is 0 Å². The van der Waals surface area contributed by atoms with Crippen molar-refractivity contribution >= 4 is 33.3 Å². The number of nitrogens with zero attached hydrogens (tertiary/aromatic N) is 4. The zero-order chi connectivity index (χ0) is 17.4. The molecule has 1 aliphatic heterocycles. The molecule has 1 N–H and O–H groups in total. The minimum Gasteiger partial charge on any atom is -0.444 e. The largest absolute Gasteiger partial charge is 0.444 e. The molecule has 8 heteroatoms. The van der Waals surface area contributed by atoms with Gasteiger partial charge in [-0.3, -0.25) is 4.79 Å². The molecule has 1 fully saturated rings. The topological polar surface area (TPSA) is 84.2 Å². The average molecular weight is 357 g/mol. The minimum absolute atomic E-state index is 0.0251. The van der Waals surface area contributed by atoms with Gasteiger partial charge < -0.3 is 14.6 Å². The number of rotatable bonds is 4. The second kappa shape index (κ2) is 6.44. The van der Waals surface area contributed by atoms with Crippen LogP contribution in [0.4, 0.5) is 5.82 Å². The van der Waals surface area contributed by atoms with E-state index in [0.29, 0.717) is 5.89 Å². The lowest BCUT2D eigenvalue weighted by molar-refractivity contribution is -0.123. The van der Waals surface area contributed by atoms with E-state index in [9.17, 15) is 4.79 Å². The third-order valence-corrected chi connectivity index (χ3v) is 5.26. The van der Waals surface area contributed by atoms with Crippen molar-refractivity contribution in [1.82, 2.24) is 20.3 Å². The molecule has 4 heterocycles. The Kier molecular flexibility index (Phi) is 4.12. The van der Waals surface area contributed by atoms with Gasteiger partial charge in [0.2, 0.25) is 11.8 Å². The van der Waals surface area contributed by atoms with E-state index in [1.165, 1.54) is 0 Å². The quantitative estimate of drug-likeness (QED) is 0.773. The molecular weight excluding hydrogens is 338 g/mol. The predicted molar refractivity (Wildman–Crippen MR) is 95.6 cm³/mol. The maximum absolute atomic E-state index is 12.8. The fourth-order valence-corrected chi connectivity index (χ4v) is 3.97. The van der Waals surface area contributed by atoms with Gasteiger partial charge in [-0.05, 0) is 38.1 Å². The van der Waals surface area contributed by atoms with E-state index in [4.69, 9.17) is 4.42 Å². The molecule has 0 radical (unpaired) electrons. The summed E-state index contributed by atoms with van der Waals surface area (Å²) < 4.78 is 5.51. The van der Waals surface area contributed by atoms with Crippen molar-refractivity contribution in [2.45, 2.75) is 38.8 Å². The molecule has 7 nitrogen and oxygen atoms in total. The second-order valence-electron chi connectivity index (χ2n) is 6.23. The Labute approximate surface area is 149 Å². The molecular formula is C17H19N5O2S. The van der Waals surface area contributed by atoms with Crippen LogP contribution in [0, 0.1) is 6.92 Å². The predicted octanol–water partition coefficient (Wildman–Crippen LogP) is 2.83. The van der Waals surface area contributed by atoms with Gasteiger partial charge in [0.15, 0.2) is 0 Å². The Morgan fingerprint density at radius 1 is 1.44 bits per heavy atom. The number of oxazole rings is 1. The maximum atomic E-state index is 12.8. The van der Waals surface area contributed by atoms with Crippen molar-refractivity contribution in [3.05, 3.63) is 35.6 Å². The van der Waals surface area contributed by atoms with Crippen LogP contribution < -0.4 is 10.2 Å². The van der Waals surface area contributed by atoms with Crippen LogP contribution in [0.15, 0.2) is 28.4 Å². The standard InChI is InChI=1S/C17H19N5O2S/c1-10-8-18-16(24-10)11(2)21-15(23)13-4-3-6-22(13)14-12-5-7-25-17(12)20-9-19-14/h5,7-9,11,13H,3-4,6H2,1-2H3,(H,21,23)/t11-,13-/m0/s1. The number of aromatic nitrogens is 3. The number of aryl methyl sites for hydroxylation is 1. The normalized spacial score (nSPS) is 18.6. The molecule has 3 aromatic rings. The number of thiophene rings is 1. The van der Waals surface area contributed by atoms with Crippen LogP contribution in [-0.2, 0) is 4.79 Å². The van der Waals surface area contributed by atoms with E-state index in [0.717, 1.165) is 41.2 Å². The van der Waals surface area contributed by atoms with Gasteiger partial charge in [0.05, 0.1) is 11.6 Å². The molecule has 1 aliphatic rings. The highest BCUT2D eigenvalue weighted by Gasteiger charge is 2.33. The van der Waals surface area contributed by atoms with Gasteiger partial charge in [-0.2, -0.15) is 0 Å². The number of nitrogens with one attached hydrogen (secondary N) is 1. The van der Waals surface area contributed by atoms with Gasteiger partial charge in [0, 0.05) is 6.54 Å². The maximum Gasteiger partial charge on any atom is 0.243 e. The highest BCUT2D eigenvalue weighted by Crippen LogP contribution is 2.32. The third-order valence-electron chi connectivity index (χ3n) is 4.44. The van der Waals surface area contributed by atoms with Crippen LogP contribution in [0.3, 0.4) is 0 Å². The molecule has 2 atom stereocenters. The molecule has 0 spiro atoms. The van der Waals surface area contributed by atoms with Gasteiger partial charge in [-0.25, -0.2) is 15.0 Å². The van der Waals surface area contributed by atoms with Crippen molar-refractivity contribution in [1.29, 1.82) is 0 Å². The van der Waals surface area contributed by atoms with E-state index >= 15 is 0 Å². The SMILES string of the molecule is Cc1cnc([C@H](C)NC(=O)[C@@H]2CCCN2c2ncnc3sccc23)o1. The first-order chi connectivity index (χ1) is 12.1. The lowest BCUT2D eigenvalue weighted by Gasteiger charge is -2.26. The smallest absolute Gasteiger partial charge is 0.243 e. The minimum atomic E-state index is -0.268. The van der Waals surface area contributed by atoms with Crippen molar-refractivity contribution < 1.29 is 9.21 Å². The zero-order valence-electron chi connectivity index (χ0n) is 14.1. The number of anilines is 1. The number of carbonyl (C=O) groups excluding carboxylic acids is 1. The van der Waals surface area contributed by atoms with Crippen molar-refractivity contribution in [3.63, 3.8) is 0 Å². The monoisotopic (exact) mass is 357 g/mol. The van der Waals surface area contributed by atoms with Crippen LogP contribution in [-0.4, -0.2) is 33.4 Å². The van der Waals surface area contributed by atoms with Crippen LogP contribution >= 0.6 is 11.3 Å². The van der Waals surface area contributed by atoms with E-state index < -0.39 is 0 Å². The Hall–Kier alpha value is -2.48. The summed E-state index contributed by atoms with van der Waals surface area (Å²) in [6, 6.07) is 1.51. The highest BCUT2D eigenvalue weighted by atomic mass is 32.1. The molecule has 4 rings (SSSR count). The second-order valence-corrected chi connectivity index (χ2v) is 7.12. The number of carbonyl (C=O) groups is 1. The van der Waals surface area contributed by atoms with E-state index in [1.54, 1.807) is 23.9 Å². The van der Waals surface area contributed by atoms with Gasteiger partial charge in [0.25, 0.3) is 0 Å². The molecule has 0 aromatic carbocycles. The first-order valence-electron chi connectivity index (χ1n) is 8.31. The molecule has 3 aromatic heterocycles. The molecule has 130 valence electrons. The summed E-state index contributed by atoms with van der Waals surface area (Å²) in [5, 5.41) is 6.02. The summed E-state index contributed by atoms with van der Waals surface area (Å²) in [6.45, 7) is 4.53. The molecule has 0 aliphatic carbocycles. The fourth-order valence-electron chi connectivity index (χ4n) is 3.24. The van der Waals surface area contributed by atoms with Crippen molar-refractivity contribution in [3.8, 4) is 0 Å². The molecule has 1 saturated heterocycles. The first-order valence-corrected chi connectivity index (χ1v) is 9.19. The number of hydrogen-bond acceptors (Lipinski definition) is 7. The third kappa shape index (κ3) is 2.97. The van der Waals surface area contributed by atoms with E-state index in [2.05, 4.69) is 25.2 Å². The number of hydrogen-bond donors (Lipinski definition) is 1. The molecule has 1 amide bonds. The van der Waals surface area contributed by atoms with E-state index in [-0.39, 0.29) is 18.0 Å². The zero-order valence-corrected chi connectivity index (χ0v) is 14.9. The number of fused-ring (bicyclic) bond motifs is 1. The summed E-state index contributed by atoms with van der Waals surface area (Å²) in [5.74, 6) is 2.07. The van der Waals surface area contributed by atoms with Crippen LogP contribution in [0.1, 0.15) is 37.5 Å². The van der Waals surface area contributed by atoms with Crippen molar-refractivity contribution in [2.24, 2.45) is 0 Å². The van der Waals surface area contributed by atoms with Gasteiger partial charge in [-0.15, -0.1) is 11.3 Å². The summed E-state index contributed by atoms with van der Waals surface area (Å²) in [6.07, 6.45) is 4.99. The first kappa shape index (κ1) is 16.0. The Morgan fingerprint density at radius 2 is 2.32 bits per heavy atom. The summed E-state index contributed by atoms with van der Waals surface area (Å²) in [7, 11) is 0. The Morgan fingerprint density at radius 3 is 3.12 bits per heavy atom. The van der Waals surface area contributed by atoms with Crippen molar-refractivity contribution in [2.75, 3.05) is 11.4 Å². The molecule has 25 heavy (non-hydrogen) atoms. The number of amides is 1. The van der Waals surface area contributed by atoms with Gasteiger partial charge in [-0.1, -0.05) is 0 Å². The highest BCUT2D eigenvalue weighted by molar-refractivity contribution is 7.16. The Bertz CT molecular complexity index is 905. The van der Waals surface area contributed by atoms with Crippen LogP contribution in [0.5, 0.6) is 0 Å².